The molecule has 3 N–H and O–H groups in total. The number of amidine groups is 1. The van der Waals surface area contributed by atoms with Crippen molar-refractivity contribution >= 4 is 11.8 Å². The second-order valence-electron chi connectivity index (χ2n) is 3.26. The van der Waals surface area contributed by atoms with Crippen molar-refractivity contribution in [3.63, 3.8) is 0 Å². The van der Waals surface area contributed by atoms with Gasteiger partial charge in [-0.1, -0.05) is 0 Å². The van der Waals surface area contributed by atoms with Crippen LogP contribution in [0.25, 0.3) is 0 Å². The molecule has 0 amide bonds. The number of ether oxygens (including phenoxy) is 2. The summed E-state index contributed by atoms with van der Waals surface area (Å²) in [6.07, 6.45) is 0. The summed E-state index contributed by atoms with van der Waals surface area (Å²) >= 11 is 0. The van der Waals surface area contributed by atoms with Gasteiger partial charge in [-0.05, 0) is 30.7 Å². The number of methoxy groups -OCH3 is 1. The van der Waals surface area contributed by atoms with Crippen LogP contribution in [0.15, 0.2) is 18.2 Å². The Morgan fingerprint density at radius 3 is 2.69 bits per heavy atom. The Bertz CT molecular complexity index is 416. The van der Waals surface area contributed by atoms with Gasteiger partial charge in [-0.2, -0.15) is 0 Å². The molecular weight excluding hydrogens is 208 g/mol. The van der Waals surface area contributed by atoms with Crippen LogP contribution in [0, 0.1) is 12.3 Å². The maximum Gasteiger partial charge on any atom is 0.343 e. The van der Waals surface area contributed by atoms with Crippen molar-refractivity contribution in [3.05, 3.63) is 29.3 Å². The topological polar surface area (TPSA) is 85.4 Å². The van der Waals surface area contributed by atoms with E-state index in [0.29, 0.717) is 11.3 Å². The van der Waals surface area contributed by atoms with Crippen molar-refractivity contribution in [1.29, 1.82) is 5.41 Å². The Morgan fingerprint density at radius 2 is 2.19 bits per heavy atom. The van der Waals surface area contributed by atoms with Crippen LogP contribution in [0.5, 0.6) is 5.75 Å². The zero-order valence-corrected chi connectivity index (χ0v) is 9.24. The van der Waals surface area contributed by atoms with Crippen molar-refractivity contribution in [3.8, 4) is 5.75 Å². The van der Waals surface area contributed by atoms with Crippen molar-refractivity contribution < 1.29 is 14.3 Å². The fourth-order valence-corrected chi connectivity index (χ4v) is 1.17. The highest BCUT2D eigenvalue weighted by Crippen LogP contribution is 2.18. The predicted octanol–water partition coefficient (Wildman–Crippen LogP) is 0.831. The van der Waals surface area contributed by atoms with E-state index in [-0.39, 0.29) is 12.4 Å². The maximum atomic E-state index is 10.9. The molecule has 0 aromatic heterocycles. The summed E-state index contributed by atoms with van der Waals surface area (Å²) in [6, 6.07) is 5.08. The Hall–Kier alpha value is -2.04. The maximum absolute atomic E-state index is 10.9. The number of aryl methyl sites for hydroxylation is 1. The summed E-state index contributed by atoms with van der Waals surface area (Å²) in [5, 5.41) is 7.27. The van der Waals surface area contributed by atoms with E-state index in [4.69, 9.17) is 15.9 Å². The summed E-state index contributed by atoms with van der Waals surface area (Å²) in [4.78, 5) is 10.9. The Kier molecular flexibility index (Phi) is 3.88. The van der Waals surface area contributed by atoms with E-state index < -0.39 is 5.97 Å². The average Bonchev–Trinajstić information content (AvgIpc) is 2.26. The second-order valence-corrected chi connectivity index (χ2v) is 3.26. The molecule has 0 aliphatic rings. The van der Waals surface area contributed by atoms with Gasteiger partial charge in [0.15, 0.2) is 6.61 Å². The van der Waals surface area contributed by atoms with E-state index in [0.717, 1.165) is 5.56 Å². The molecule has 0 atom stereocenters. The number of rotatable bonds is 4. The molecule has 1 rings (SSSR count). The summed E-state index contributed by atoms with van der Waals surface area (Å²) < 4.78 is 9.69. The molecule has 1 aromatic carbocycles. The van der Waals surface area contributed by atoms with Gasteiger partial charge in [0.1, 0.15) is 11.6 Å². The van der Waals surface area contributed by atoms with Crippen LogP contribution in [0.2, 0.25) is 0 Å². The Morgan fingerprint density at radius 1 is 1.50 bits per heavy atom. The Labute approximate surface area is 93.7 Å². The standard InChI is InChI=1S/C11H14N2O3/c1-7-5-8(11(12)13)3-4-9(7)16-6-10(14)15-2/h3-5H,6H2,1-2H3,(H3,12,13). The molecule has 0 spiro atoms. The lowest BCUT2D eigenvalue weighted by atomic mass is 10.1. The molecule has 16 heavy (non-hydrogen) atoms. The van der Waals surface area contributed by atoms with Crippen molar-refractivity contribution in [2.24, 2.45) is 5.73 Å². The number of nitrogens with one attached hydrogen (secondary N) is 1. The molecule has 0 bridgehead atoms. The first-order valence-electron chi connectivity index (χ1n) is 4.69. The summed E-state index contributed by atoms with van der Waals surface area (Å²) in [7, 11) is 1.30. The lowest BCUT2D eigenvalue weighted by Gasteiger charge is -2.09. The van der Waals surface area contributed by atoms with Gasteiger partial charge < -0.3 is 15.2 Å². The molecule has 0 radical (unpaired) electrons. The van der Waals surface area contributed by atoms with Crippen LogP contribution in [-0.2, 0) is 9.53 Å². The summed E-state index contributed by atoms with van der Waals surface area (Å²) in [5.74, 6) is 0.146. The van der Waals surface area contributed by atoms with Gasteiger partial charge in [0.2, 0.25) is 0 Å². The minimum Gasteiger partial charge on any atom is -0.482 e. The summed E-state index contributed by atoms with van der Waals surface area (Å²) in [5.41, 5.74) is 6.79. The molecule has 0 saturated heterocycles. The molecule has 5 nitrogen and oxygen atoms in total. The first-order chi connectivity index (χ1) is 7.54. The molecule has 0 aliphatic carbocycles. The van der Waals surface area contributed by atoms with Crippen LogP contribution in [0.3, 0.4) is 0 Å². The van der Waals surface area contributed by atoms with E-state index in [1.807, 2.05) is 6.92 Å². The first-order valence-corrected chi connectivity index (χ1v) is 4.69. The minimum absolute atomic E-state index is 0.00242. The van der Waals surface area contributed by atoms with Gasteiger partial charge >= 0.3 is 5.97 Å². The molecule has 0 unspecified atom stereocenters. The zero-order valence-electron chi connectivity index (χ0n) is 9.24. The highest BCUT2D eigenvalue weighted by atomic mass is 16.6. The fourth-order valence-electron chi connectivity index (χ4n) is 1.17. The van der Waals surface area contributed by atoms with Gasteiger partial charge in [0.05, 0.1) is 7.11 Å². The minimum atomic E-state index is -0.435. The smallest absolute Gasteiger partial charge is 0.343 e. The van der Waals surface area contributed by atoms with E-state index >= 15 is 0 Å². The number of nitrogens with two attached hydrogens (primary N) is 1. The van der Waals surface area contributed by atoms with Crippen LogP contribution < -0.4 is 10.5 Å². The normalized spacial score (nSPS) is 9.62. The first kappa shape index (κ1) is 12.0. The molecule has 0 heterocycles. The number of hydrogen-bond donors (Lipinski definition) is 2. The van der Waals surface area contributed by atoms with E-state index in [1.54, 1.807) is 18.2 Å². The lowest BCUT2D eigenvalue weighted by molar-refractivity contribution is -0.142. The quantitative estimate of drug-likeness (QED) is 0.449. The highest BCUT2D eigenvalue weighted by molar-refractivity contribution is 5.95. The average molecular weight is 222 g/mol. The lowest BCUT2D eigenvalue weighted by Crippen LogP contribution is -2.14. The van der Waals surface area contributed by atoms with Crippen LogP contribution in [0.1, 0.15) is 11.1 Å². The van der Waals surface area contributed by atoms with Gasteiger partial charge in [-0.15, -0.1) is 0 Å². The molecular formula is C11H14N2O3. The third-order valence-corrected chi connectivity index (χ3v) is 2.06. The highest BCUT2D eigenvalue weighted by Gasteiger charge is 2.06. The second kappa shape index (κ2) is 5.16. The van der Waals surface area contributed by atoms with Crippen LogP contribution in [-0.4, -0.2) is 25.5 Å². The van der Waals surface area contributed by atoms with Crippen LogP contribution in [0.4, 0.5) is 0 Å². The number of nitrogen functional groups attached to an aromatic ring is 1. The van der Waals surface area contributed by atoms with Crippen molar-refractivity contribution in [2.45, 2.75) is 6.92 Å². The zero-order chi connectivity index (χ0) is 12.1. The molecule has 86 valence electrons. The Balaban J connectivity index is 2.75. The fraction of sp³-hybridized carbons (Fsp3) is 0.273. The van der Waals surface area contributed by atoms with Crippen molar-refractivity contribution in [2.75, 3.05) is 13.7 Å². The number of carbonyl (C=O) groups is 1. The number of benzene rings is 1. The summed E-state index contributed by atoms with van der Waals surface area (Å²) in [6.45, 7) is 1.69. The molecule has 0 saturated carbocycles. The molecule has 0 fully saturated rings. The molecule has 1 aromatic rings. The van der Waals surface area contributed by atoms with E-state index in [2.05, 4.69) is 4.74 Å². The predicted molar refractivity (Wildman–Crippen MR) is 59.7 cm³/mol. The van der Waals surface area contributed by atoms with Gasteiger partial charge in [-0.25, -0.2) is 4.79 Å². The number of hydrogen-bond acceptors (Lipinski definition) is 4. The van der Waals surface area contributed by atoms with Crippen molar-refractivity contribution in [1.82, 2.24) is 0 Å². The van der Waals surface area contributed by atoms with Crippen LogP contribution >= 0.6 is 0 Å². The number of esters is 1. The number of carbonyl (C=O) groups excluding carboxylic acids is 1. The molecule has 5 heteroatoms. The van der Waals surface area contributed by atoms with Gasteiger partial charge in [0.25, 0.3) is 0 Å². The molecule has 0 aliphatic heterocycles. The third-order valence-electron chi connectivity index (χ3n) is 2.06. The SMILES string of the molecule is COC(=O)COc1ccc(C(=N)N)cc1C. The third kappa shape index (κ3) is 2.98. The van der Waals surface area contributed by atoms with Gasteiger partial charge in [0, 0.05) is 5.56 Å². The van der Waals surface area contributed by atoms with E-state index in [1.165, 1.54) is 7.11 Å². The monoisotopic (exact) mass is 222 g/mol. The largest absolute Gasteiger partial charge is 0.482 e. The van der Waals surface area contributed by atoms with Gasteiger partial charge in [-0.3, -0.25) is 5.41 Å². The van der Waals surface area contributed by atoms with E-state index in [9.17, 15) is 4.79 Å².